The summed E-state index contributed by atoms with van der Waals surface area (Å²) < 4.78 is 10.9. The van der Waals surface area contributed by atoms with Gasteiger partial charge in [-0.2, -0.15) is 0 Å². The predicted molar refractivity (Wildman–Crippen MR) is 79.9 cm³/mol. The summed E-state index contributed by atoms with van der Waals surface area (Å²) in [7, 11) is 1.62. The Morgan fingerprint density at radius 3 is 2.90 bits per heavy atom. The quantitative estimate of drug-likeness (QED) is 0.844. The van der Waals surface area contributed by atoms with Gasteiger partial charge in [-0.25, -0.2) is 0 Å². The molecule has 0 saturated carbocycles. The van der Waals surface area contributed by atoms with Gasteiger partial charge >= 0.3 is 5.97 Å². The zero-order chi connectivity index (χ0) is 15.4. The van der Waals surface area contributed by atoms with E-state index in [1.807, 2.05) is 32.0 Å². The fourth-order valence-electron chi connectivity index (χ4n) is 2.63. The largest absolute Gasteiger partial charge is 0.497 e. The minimum Gasteiger partial charge on any atom is -0.497 e. The first-order valence-corrected chi connectivity index (χ1v) is 7.31. The molecule has 0 saturated heterocycles. The lowest BCUT2D eigenvalue weighted by atomic mass is 9.97. The molecule has 5 heteroatoms. The van der Waals surface area contributed by atoms with Crippen LogP contribution in [0.15, 0.2) is 18.2 Å². The number of carboxylic acid groups (broad SMARTS) is 1. The molecule has 1 aromatic carbocycles. The molecule has 21 heavy (non-hydrogen) atoms. The van der Waals surface area contributed by atoms with Crippen LogP contribution in [0.2, 0.25) is 0 Å². The summed E-state index contributed by atoms with van der Waals surface area (Å²) in [5, 5.41) is 12.6. The van der Waals surface area contributed by atoms with Crippen LogP contribution in [0.25, 0.3) is 0 Å². The number of carbonyl (C=O) groups is 1. The molecule has 1 aromatic rings. The first-order chi connectivity index (χ1) is 10.0. The number of fused-ring (bicyclic) bond motifs is 1. The van der Waals surface area contributed by atoms with E-state index in [0.717, 1.165) is 23.5 Å². The molecule has 1 aliphatic heterocycles. The van der Waals surface area contributed by atoms with Crippen molar-refractivity contribution in [1.29, 1.82) is 0 Å². The van der Waals surface area contributed by atoms with E-state index >= 15 is 0 Å². The van der Waals surface area contributed by atoms with Gasteiger partial charge in [0.05, 0.1) is 13.7 Å². The Hall–Kier alpha value is -1.75. The molecule has 0 amide bonds. The minimum absolute atomic E-state index is 0.0244. The summed E-state index contributed by atoms with van der Waals surface area (Å²) in [5.41, 5.74) is 0.968. The van der Waals surface area contributed by atoms with Crippen molar-refractivity contribution in [2.75, 3.05) is 13.7 Å². The van der Waals surface area contributed by atoms with Crippen molar-refractivity contribution in [3.63, 3.8) is 0 Å². The first-order valence-electron chi connectivity index (χ1n) is 7.31. The van der Waals surface area contributed by atoms with Crippen molar-refractivity contribution >= 4 is 5.97 Å². The second-order valence-electron chi connectivity index (χ2n) is 5.78. The molecule has 2 rings (SSSR count). The van der Waals surface area contributed by atoms with Crippen LogP contribution in [0, 0.1) is 5.92 Å². The molecule has 1 aliphatic rings. The van der Waals surface area contributed by atoms with Crippen LogP contribution in [-0.4, -0.2) is 30.8 Å². The molecule has 5 nitrogen and oxygen atoms in total. The van der Waals surface area contributed by atoms with Crippen LogP contribution in [-0.2, 0) is 4.79 Å². The molecule has 0 aliphatic carbocycles. The van der Waals surface area contributed by atoms with E-state index in [9.17, 15) is 9.90 Å². The molecule has 0 radical (unpaired) electrons. The van der Waals surface area contributed by atoms with Crippen molar-refractivity contribution in [3.05, 3.63) is 23.8 Å². The normalized spacial score (nSPS) is 18.8. The van der Waals surface area contributed by atoms with Gasteiger partial charge in [0.1, 0.15) is 17.5 Å². The zero-order valence-electron chi connectivity index (χ0n) is 12.8. The maximum atomic E-state index is 11.4. The Morgan fingerprint density at radius 2 is 2.29 bits per heavy atom. The minimum atomic E-state index is -0.806. The summed E-state index contributed by atoms with van der Waals surface area (Å²) in [4.78, 5) is 11.4. The number of hydrogen-bond acceptors (Lipinski definition) is 4. The summed E-state index contributed by atoms with van der Waals surface area (Å²) in [6, 6.07) is 5.07. The third-order valence-electron chi connectivity index (χ3n) is 3.66. The Labute approximate surface area is 125 Å². The van der Waals surface area contributed by atoms with Gasteiger partial charge in [-0.15, -0.1) is 0 Å². The molecule has 116 valence electrons. The Balaban J connectivity index is 2.19. The number of hydrogen-bond donors (Lipinski definition) is 2. The second kappa shape index (κ2) is 6.80. The number of aliphatic carboxylic acids is 1. The monoisotopic (exact) mass is 293 g/mol. The number of methoxy groups -OCH3 is 1. The molecular weight excluding hydrogens is 270 g/mol. The highest BCUT2D eigenvalue weighted by molar-refractivity contribution is 5.73. The molecule has 2 N–H and O–H groups in total. The SMILES string of the molecule is COc1ccc2c(c1)C(NC(CC(C)C)C(=O)O)CCO2. The average molecular weight is 293 g/mol. The van der Waals surface area contributed by atoms with E-state index in [2.05, 4.69) is 5.32 Å². The van der Waals surface area contributed by atoms with E-state index in [4.69, 9.17) is 9.47 Å². The van der Waals surface area contributed by atoms with Crippen LogP contribution in [0.4, 0.5) is 0 Å². The summed E-state index contributed by atoms with van der Waals surface area (Å²) in [6.07, 6.45) is 1.36. The molecule has 2 unspecified atom stereocenters. The molecule has 0 aromatic heterocycles. The first kappa shape index (κ1) is 15.6. The van der Waals surface area contributed by atoms with Gasteiger partial charge in [0.25, 0.3) is 0 Å². The molecule has 0 fully saturated rings. The highest BCUT2D eigenvalue weighted by Gasteiger charge is 2.27. The smallest absolute Gasteiger partial charge is 0.320 e. The van der Waals surface area contributed by atoms with E-state index in [0.29, 0.717) is 18.9 Å². The van der Waals surface area contributed by atoms with Gasteiger partial charge in [0.15, 0.2) is 0 Å². The lowest BCUT2D eigenvalue weighted by Gasteiger charge is -2.30. The van der Waals surface area contributed by atoms with Gasteiger partial charge in [0.2, 0.25) is 0 Å². The van der Waals surface area contributed by atoms with Gasteiger partial charge in [-0.1, -0.05) is 13.8 Å². The number of benzene rings is 1. The molecule has 0 spiro atoms. The highest BCUT2D eigenvalue weighted by atomic mass is 16.5. The van der Waals surface area contributed by atoms with Crippen LogP contribution >= 0.6 is 0 Å². The third kappa shape index (κ3) is 3.88. The zero-order valence-corrected chi connectivity index (χ0v) is 12.8. The van der Waals surface area contributed by atoms with E-state index in [-0.39, 0.29) is 6.04 Å². The topological polar surface area (TPSA) is 67.8 Å². The van der Waals surface area contributed by atoms with Crippen LogP contribution < -0.4 is 14.8 Å². The number of rotatable bonds is 6. The molecular formula is C16H23NO4. The fourth-order valence-corrected chi connectivity index (χ4v) is 2.63. The second-order valence-corrected chi connectivity index (χ2v) is 5.78. The number of ether oxygens (including phenoxy) is 2. The van der Waals surface area contributed by atoms with Gasteiger partial charge in [-0.05, 0) is 30.5 Å². The van der Waals surface area contributed by atoms with Gasteiger partial charge in [0, 0.05) is 18.0 Å². The lowest BCUT2D eigenvalue weighted by molar-refractivity contribution is -0.140. The van der Waals surface area contributed by atoms with Gasteiger partial charge < -0.3 is 14.6 Å². The maximum Gasteiger partial charge on any atom is 0.320 e. The molecule has 0 bridgehead atoms. The highest BCUT2D eigenvalue weighted by Crippen LogP contribution is 2.35. The van der Waals surface area contributed by atoms with Crippen LogP contribution in [0.5, 0.6) is 11.5 Å². The Bertz CT molecular complexity index is 501. The van der Waals surface area contributed by atoms with Crippen LogP contribution in [0.3, 0.4) is 0 Å². The Kier molecular flexibility index (Phi) is 5.07. The van der Waals surface area contributed by atoms with Gasteiger partial charge in [-0.3, -0.25) is 10.1 Å². The van der Waals surface area contributed by atoms with E-state index < -0.39 is 12.0 Å². The van der Waals surface area contributed by atoms with Crippen LogP contribution in [0.1, 0.15) is 38.3 Å². The summed E-state index contributed by atoms with van der Waals surface area (Å²) >= 11 is 0. The summed E-state index contributed by atoms with van der Waals surface area (Å²) in [6.45, 7) is 4.64. The fraction of sp³-hybridized carbons (Fsp3) is 0.562. The Morgan fingerprint density at radius 1 is 1.52 bits per heavy atom. The van der Waals surface area contributed by atoms with Crippen molar-refractivity contribution < 1.29 is 19.4 Å². The predicted octanol–water partition coefficient (Wildman–Crippen LogP) is 2.61. The number of nitrogens with one attached hydrogen (secondary N) is 1. The van der Waals surface area contributed by atoms with Crippen molar-refractivity contribution in [2.24, 2.45) is 5.92 Å². The maximum absolute atomic E-state index is 11.4. The molecule has 1 heterocycles. The van der Waals surface area contributed by atoms with Crippen molar-refractivity contribution in [2.45, 2.75) is 38.8 Å². The van der Waals surface area contributed by atoms with E-state index in [1.165, 1.54) is 0 Å². The van der Waals surface area contributed by atoms with Crippen molar-refractivity contribution in [3.8, 4) is 11.5 Å². The summed E-state index contributed by atoms with van der Waals surface area (Å²) in [5.74, 6) is 1.07. The average Bonchev–Trinajstić information content (AvgIpc) is 2.45. The van der Waals surface area contributed by atoms with E-state index in [1.54, 1.807) is 7.11 Å². The van der Waals surface area contributed by atoms with Crippen molar-refractivity contribution in [1.82, 2.24) is 5.32 Å². The standard InChI is InChI=1S/C16H23NO4/c1-10(2)8-14(16(18)19)17-13-6-7-21-15-5-4-11(20-3)9-12(13)15/h4-5,9-10,13-14,17H,6-8H2,1-3H3,(H,18,19). The number of carboxylic acids is 1. The lowest BCUT2D eigenvalue weighted by Crippen LogP contribution is -2.41. The third-order valence-corrected chi connectivity index (χ3v) is 3.66. The molecule has 2 atom stereocenters.